The van der Waals surface area contributed by atoms with Crippen molar-refractivity contribution in [2.24, 2.45) is 0 Å². The summed E-state index contributed by atoms with van der Waals surface area (Å²) in [5.41, 5.74) is 3.31. The minimum absolute atomic E-state index is 0.721. The maximum absolute atomic E-state index is 5.96. The van der Waals surface area contributed by atoms with Crippen molar-refractivity contribution in [3.05, 3.63) is 66.9 Å². The molecule has 1 N–H and O–H groups in total. The van der Waals surface area contributed by atoms with E-state index in [-0.39, 0.29) is 0 Å². The van der Waals surface area contributed by atoms with Crippen LogP contribution in [0.4, 0.5) is 0 Å². The maximum atomic E-state index is 5.96. The normalized spacial score (nSPS) is 11.2. The Morgan fingerprint density at radius 3 is 2.70 bits per heavy atom. The van der Waals surface area contributed by atoms with Crippen LogP contribution in [-0.2, 0) is 0 Å². The molecule has 0 unspecified atom stereocenters. The highest BCUT2D eigenvalue weighted by Gasteiger charge is 2.13. The summed E-state index contributed by atoms with van der Waals surface area (Å²) in [6, 6.07) is 21.0. The Balaban J connectivity index is 1.98. The molecule has 0 saturated heterocycles. The van der Waals surface area contributed by atoms with Crippen molar-refractivity contribution < 1.29 is 4.74 Å². The number of hydrogen-bond donors (Lipinski definition) is 1. The molecule has 0 saturated carbocycles. The van der Waals surface area contributed by atoms with Crippen LogP contribution in [0.2, 0.25) is 0 Å². The number of H-pyrrole nitrogens is 1. The summed E-state index contributed by atoms with van der Waals surface area (Å²) in [5.74, 6) is 0.921. The molecule has 2 nitrogen and oxygen atoms in total. The molecule has 0 spiro atoms. The van der Waals surface area contributed by atoms with Gasteiger partial charge in [0.05, 0.1) is 23.7 Å². The van der Waals surface area contributed by atoms with Crippen LogP contribution < -0.4 is 4.74 Å². The van der Waals surface area contributed by atoms with Gasteiger partial charge in [-0.05, 0) is 34.9 Å². The summed E-state index contributed by atoms with van der Waals surface area (Å²) in [6.07, 6.45) is 4.33. The molecule has 0 atom stereocenters. The topological polar surface area (TPSA) is 25.0 Å². The second kappa shape index (κ2) is 5.81. The van der Waals surface area contributed by atoms with E-state index in [0.717, 1.165) is 35.2 Å². The number of fused-ring (bicyclic) bond motifs is 2. The lowest BCUT2D eigenvalue weighted by molar-refractivity contribution is 0.321. The van der Waals surface area contributed by atoms with Crippen molar-refractivity contribution in [1.29, 1.82) is 0 Å². The Morgan fingerprint density at radius 2 is 1.78 bits per heavy atom. The van der Waals surface area contributed by atoms with E-state index in [2.05, 4.69) is 66.6 Å². The Morgan fingerprint density at radius 1 is 0.957 bits per heavy atom. The molecule has 1 radical (unpaired) electrons. The van der Waals surface area contributed by atoms with E-state index in [1.165, 1.54) is 16.3 Å². The summed E-state index contributed by atoms with van der Waals surface area (Å²) in [5, 5.41) is 3.58. The molecule has 0 bridgehead atoms. The van der Waals surface area contributed by atoms with Crippen LogP contribution in [0, 0.1) is 6.20 Å². The number of nitrogens with one attached hydrogen (secondary N) is 1. The van der Waals surface area contributed by atoms with Crippen LogP contribution >= 0.6 is 0 Å². The number of aromatic nitrogens is 1. The van der Waals surface area contributed by atoms with Gasteiger partial charge in [0, 0.05) is 5.56 Å². The number of rotatable bonds is 4. The van der Waals surface area contributed by atoms with Gasteiger partial charge in [0.2, 0.25) is 0 Å². The van der Waals surface area contributed by atoms with Crippen LogP contribution in [0.3, 0.4) is 0 Å². The third-order valence-corrected chi connectivity index (χ3v) is 4.12. The molecule has 1 heterocycles. The molecule has 4 rings (SSSR count). The van der Waals surface area contributed by atoms with Gasteiger partial charge < -0.3 is 9.72 Å². The van der Waals surface area contributed by atoms with E-state index in [9.17, 15) is 0 Å². The van der Waals surface area contributed by atoms with Gasteiger partial charge in [-0.25, -0.2) is 0 Å². The van der Waals surface area contributed by atoms with E-state index >= 15 is 0 Å². The molecule has 1 aromatic heterocycles. The van der Waals surface area contributed by atoms with Crippen molar-refractivity contribution >= 4 is 21.7 Å². The van der Waals surface area contributed by atoms with Crippen molar-refractivity contribution in [2.45, 2.75) is 13.3 Å². The smallest absolute Gasteiger partial charge is 0.129 e. The molecule has 23 heavy (non-hydrogen) atoms. The summed E-state index contributed by atoms with van der Waals surface area (Å²) >= 11 is 0. The predicted molar refractivity (Wildman–Crippen MR) is 95.9 cm³/mol. The van der Waals surface area contributed by atoms with Crippen LogP contribution in [0.25, 0.3) is 32.8 Å². The van der Waals surface area contributed by atoms with E-state index in [0.29, 0.717) is 0 Å². The monoisotopic (exact) mass is 300 g/mol. The van der Waals surface area contributed by atoms with Gasteiger partial charge in [-0.3, -0.25) is 0 Å². The van der Waals surface area contributed by atoms with E-state index in [1.54, 1.807) is 0 Å². The summed E-state index contributed by atoms with van der Waals surface area (Å²) in [6.45, 7) is 2.84. The SMILES string of the molecule is CCCOc1cccc2[nH][c]c(-c3cccc4ccccc34)c12. The van der Waals surface area contributed by atoms with Crippen LogP contribution in [0.15, 0.2) is 60.7 Å². The van der Waals surface area contributed by atoms with Gasteiger partial charge in [-0.1, -0.05) is 55.5 Å². The Labute approximate surface area is 135 Å². The molecule has 0 aliphatic rings. The average Bonchev–Trinajstić information content (AvgIpc) is 3.04. The largest absolute Gasteiger partial charge is 0.493 e. The molecule has 3 aromatic carbocycles. The second-order valence-electron chi connectivity index (χ2n) is 5.68. The first kappa shape index (κ1) is 13.9. The Bertz CT molecular complexity index is 963. The van der Waals surface area contributed by atoms with E-state index < -0.39 is 0 Å². The highest BCUT2D eigenvalue weighted by molar-refractivity contribution is 6.06. The van der Waals surface area contributed by atoms with E-state index in [4.69, 9.17) is 4.74 Å². The first-order valence-corrected chi connectivity index (χ1v) is 8.02. The molecule has 2 heteroatoms. The zero-order valence-electron chi connectivity index (χ0n) is 13.1. The zero-order valence-corrected chi connectivity index (χ0v) is 13.1. The van der Waals surface area contributed by atoms with Crippen LogP contribution in [0.5, 0.6) is 5.75 Å². The van der Waals surface area contributed by atoms with Gasteiger partial charge in [0.25, 0.3) is 0 Å². The fourth-order valence-electron chi connectivity index (χ4n) is 3.06. The van der Waals surface area contributed by atoms with E-state index in [1.807, 2.05) is 12.1 Å². The van der Waals surface area contributed by atoms with Crippen molar-refractivity contribution in [3.8, 4) is 16.9 Å². The minimum Gasteiger partial charge on any atom is -0.493 e. The lowest BCUT2D eigenvalue weighted by Crippen LogP contribution is -1.95. The number of ether oxygens (including phenoxy) is 1. The number of aromatic amines is 1. The maximum Gasteiger partial charge on any atom is 0.129 e. The van der Waals surface area contributed by atoms with Gasteiger partial charge in [0.15, 0.2) is 0 Å². The third-order valence-electron chi connectivity index (χ3n) is 4.12. The highest BCUT2D eigenvalue weighted by Crippen LogP contribution is 2.38. The lowest BCUT2D eigenvalue weighted by atomic mass is 9.97. The number of benzene rings is 3. The minimum atomic E-state index is 0.721. The van der Waals surface area contributed by atoms with Gasteiger partial charge in [-0.2, -0.15) is 0 Å². The number of hydrogen-bond acceptors (Lipinski definition) is 1. The lowest BCUT2D eigenvalue weighted by Gasteiger charge is -2.09. The van der Waals surface area contributed by atoms with Crippen LogP contribution in [0.1, 0.15) is 13.3 Å². The molecule has 0 amide bonds. The third kappa shape index (κ3) is 2.36. The first-order chi connectivity index (χ1) is 11.4. The zero-order chi connectivity index (χ0) is 15.6. The summed E-state index contributed by atoms with van der Waals surface area (Å²) in [4.78, 5) is 3.26. The van der Waals surface area contributed by atoms with Gasteiger partial charge in [-0.15, -0.1) is 0 Å². The molecule has 113 valence electrons. The first-order valence-electron chi connectivity index (χ1n) is 8.02. The fourth-order valence-corrected chi connectivity index (χ4v) is 3.06. The van der Waals surface area contributed by atoms with Crippen molar-refractivity contribution in [3.63, 3.8) is 0 Å². The van der Waals surface area contributed by atoms with Gasteiger partial charge >= 0.3 is 0 Å². The predicted octanol–water partition coefficient (Wildman–Crippen LogP) is 5.58. The molecule has 0 aliphatic carbocycles. The highest BCUT2D eigenvalue weighted by atomic mass is 16.5. The quantitative estimate of drug-likeness (QED) is 0.523. The summed E-state index contributed by atoms with van der Waals surface area (Å²) in [7, 11) is 0. The molecule has 0 aliphatic heterocycles. The average molecular weight is 300 g/mol. The fraction of sp³-hybridized carbons (Fsp3) is 0.143. The van der Waals surface area contributed by atoms with Gasteiger partial charge in [0.1, 0.15) is 5.75 Å². The molecule has 0 fully saturated rings. The standard InChI is InChI=1S/C21H18NO/c1-2-13-23-20-12-6-11-19-21(20)18(14-22-19)17-10-5-8-15-7-3-4-9-16(15)17/h3-12,22H,2,13H2,1H3. The molecular formula is C21H18NO. The Hall–Kier alpha value is -2.74. The van der Waals surface area contributed by atoms with Crippen molar-refractivity contribution in [2.75, 3.05) is 6.61 Å². The second-order valence-corrected chi connectivity index (χ2v) is 5.68. The molecule has 4 aromatic rings. The summed E-state index contributed by atoms with van der Waals surface area (Å²) < 4.78 is 5.96. The molecular weight excluding hydrogens is 282 g/mol. The van der Waals surface area contributed by atoms with Crippen LogP contribution in [-0.4, -0.2) is 11.6 Å². The Kier molecular flexibility index (Phi) is 3.51. The van der Waals surface area contributed by atoms with Crippen molar-refractivity contribution in [1.82, 2.24) is 4.98 Å².